The summed E-state index contributed by atoms with van der Waals surface area (Å²) in [7, 11) is 1.67. The second kappa shape index (κ2) is 4.57. The maximum atomic E-state index is 5.28. The first-order valence-corrected chi connectivity index (χ1v) is 4.54. The first-order valence-electron chi connectivity index (χ1n) is 4.54. The van der Waals surface area contributed by atoms with E-state index in [4.69, 9.17) is 11.2 Å². The van der Waals surface area contributed by atoms with Crippen molar-refractivity contribution in [3.05, 3.63) is 23.8 Å². The molecule has 0 aliphatic rings. The average Bonchev–Trinajstić information content (AvgIpc) is 2.18. The van der Waals surface area contributed by atoms with Gasteiger partial charge in [-0.3, -0.25) is 0 Å². The predicted molar refractivity (Wildman–Crippen MR) is 59.6 cm³/mol. The van der Waals surface area contributed by atoms with Crippen molar-refractivity contribution in [1.82, 2.24) is 0 Å². The Morgan fingerprint density at radius 3 is 2.71 bits per heavy atom. The minimum atomic E-state index is 0.0443. The summed E-state index contributed by atoms with van der Waals surface area (Å²) in [5, 5.41) is 3.19. The Morgan fingerprint density at radius 2 is 2.21 bits per heavy atom. The fraction of sp³-hybridized carbons (Fsp3) is 0.333. The molecule has 14 heavy (non-hydrogen) atoms. The molecule has 0 radical (unpaired) electrons. The van der Waals surface area contributed by atoms with E-state index in [-0.39, 0.29) is 6.04 Å². The Labute approximate surface area is 85.3 Å². The van der Waals surface area contributed by atoms with Gasteiger partial charge in [0.05, 0.1) is 13.2 Å². The predicted octanol–water partition coefficient (Wildman–Crippen LogP) is 2.44. The van der Waals surface area contributed by atoms with Gasteiger partial charge in [0.25, 0.3) is 0 Å². The van der Waals surface area contributed by atoms with Crippen LogP contribution in [0.1, 0.15) is 12.5 Å². The largest absolute Gasteiger partial charge is 0.496 e. The lowest BCUT2D eigenvalue weighted by molar-refractivity contribution is 0.412. The third kappa shape index (κ3) is 2.43. The third-order valence-electron chi connectivity index (χ3n) is 2.03. The van der Waals surface area contributed by atoms with Crippen LogP contribution in [-0.2, 0) is 0 Å². The van der Waals surface area contributed by atoms with Gasteiger partial charge in [-0.15, -0.1) is 6.42 Å². The topological polar surface area (TPSA) is 21.3 Å². The molecule has 0 saturated carbocycles. The van der Waals surface area contributed by atoms with E-state index in [1.54, 1.807) is 7.11 Å². The molecule has 1 atom stereocenters. The Bertz CT molecular complexity index is 352. The SMILES string of the molecule is C#CC(C)Nc1ccc(OC)c(C)c1. The summed E-state index contributed by atoms with van der Waals surface area (Å²) in [6.45, 7) is 3.95. The Kier molecular flexibility index (Phi) is 3.41. The normalized spacial score (nSPS) is 11.6. The van der Waals surface area contributed by atoms with E-state index < -0.39 is 0 Å². The summed E-state index contributed by atoms with van der Waals surface area (Å²) < 4.78 is 5.16. The zero-order valence-corrected chi connectivity index (χ0v) is 8.79. The lowest BCUT2D eigenvalue weighted by Crippen LogP contribution is -2.11. The number of hydrogen-bond donors (Lipinski definition) is 1. The molecule has 1 rings (SSSR count). The minimum absolute atomic E-state index is 0.0443. The first kappa shape index (κ1) is 10.5. The molecular formula is C12H15NO. The zero-order valence-electron chi connectivity index (χ0n) is 8.79. The van der Waals surface area contributed by atoms with Gasteiger partial charge in [-0.05, 0) is 37.6 Å². The molecule has 1 aromatic carbocycles. The second-order valence-corrected chi connectivity index (χ2v) is 3.22. The molecular weight excluding hydrogens is 174 g/mol. The van der Waals surface area contributed by atoms with Crippen molar-refractivity contribution >= 4 is 5.69 Å². The molecule has 1 N–H and O–H groups in total. The van der Waals surface area contributed by atoms with Crippen molar-refractivity contribution in [1.29, 1.82) is 0 Å². The summed E-state index contributed by atoms with van der Waals surface area (Å²) in [6, 6.07) is 5.95. The molecule has 0 saturated heterocycles. The highest BCUT2D eigenvalue weighted by atomic mass is 16.5. The zero-order chi connectivity index (χ0) is 10.6. The highest BCUT2D eigenvalue weighted by molar-refractivity contribution is 5.52. The van der Waals surface area contributed by atoms with Crippen LogP contribution in [-0.4, -0.2) is 13.2 Å². The summed E-state index contributed by atoms with van der Waals surface area (Å²) in [6.07, 6.45) is 5.28. The van der Waals surface area contributed by atoms with Crippen LogP contribution in [0.25, 0.3) is 0 Å². The molecule has 0 aromatic heterocycles. The van der Waals surface area contributed by atoms with Crippen LogP contribution in [0.3, 0.4) is 0 Å². The molecule has 0 aliphatic carbocycles. The quantitative estimate of drug-likeness (QED) is 0.737. The van der Waals surface area contributed by atoms with Gasteiger partial charge in [0, 0.05) is 5.69 Å². The van der Waals surface area contributed by atoms with E-state index in [1.165, 1.54) is 0 Å². The van der Waals surface area contributed by atoms with Gasteiger partial charge in [0.1, 0.15) is 5.75 Å². The molecule has 0 spiro atoms. The number of ether oxygens (including phenoxy) is 1. The van der Waals surface area contributed by atoms with Gasteiger partial charge in [0.15, 0.2) is 0 Å². The first-order chi connectivity index (χ1) is 6.67. The van der Waals surface area contributed by atoms with Crippen molar-refractivity contribution in [2.75, 3.05) is 12.4 Å². The Hall–Kier alpha value is -1.62. The van der Waals surface area contributed by atoms with Crippen LogP contribution >= 0.6 is 0 Å². The molecule has 0 amide bonds. The summed E-state index contributed by atoms with van der Waals surface area (Å²) in [5.74, 6) is 3.51. The van der Waals surface area contributed by atoms with E-state index in [0.29, 0.717) is 0 Å². The number of terminal acetylenes is 1. The lowest BCUT2D eigenvalue weighted by Gasteiger charge is -2.11. The molecule has 74 valence electrons. The van der Waals surface area contributed by atoms with E-state index in [2.05, 4.69) is 11.2 Å². The fourth-order valence-corrected chi connectivity index (χ4v) is 1.26. The number of aryl methyl sites for hydroxylation is 1. The smallest absolute Gasteiger partial charge is 0.121 e. The molecule has 0 fully saturated rings. The monoisotopic (exact) mass is 189 g/mol. The summed E-state index contributed by atoms with van der Waals surface area (Å²) in [4.78, 5) is 0. The van der Waals surface area contributed by atoms with Crippen LogP contribution in [0.4, 0.5) is 5.69 Å². The van der Waals surface area contributed by atoms with E-state index in [9.17, 15) is 0 Å². The summed E-state index contributed by atoms with van der Waals surface area (Å²) >= 11 is 0. The fourth-order valence-electron chi connectivity index (χ4n) is 1.26. The number of hydrogen-bond acceptors (Lipinski definition) is 2. The maximum absolute atomic E-state index is 5.28. The van der Waals surface area contributed by atoms with E-state index >= 15 is 0 Å². The average molecular weight is 189 g/mol. The van der Waals surface area contributed by atoms with Crippen LogP contribution < -0.4 is 10.1 Å². The van der Waals surface area contributed by atoms with E-state index in [1.807, 2.05) is 32.0 Å². The van der Waals surface area contributed by atoms with Gasteiger partial charge < -0.3 is 10.1 Å². The van der Waals surface area contributed by atoms with Crippen LogP contribution in [0.5, 0.6) is 5.75 Å². The van der Waals surface area contributed by atoms with Crippen LogP contribution in [0.15, 0.2) is 18.2 Å². The summed E-state index contributed by atoms with van der Waals surface area (Å²) in [5.41, 5.74) is 2.12. The Morgan fingerprint density at radius 1 is 1.50 bits per heavy atom. The van der Waals surface area contributed by atoms with Crippen molar-refractivity contribution in [3.8, 4) is 18.1 Å². The number of anilines is 1. The third-order valence-corrected chi connectivity index (χ3v) is 2.03. The van der Waals surface area contributed by atoms with Crippen molar-refractivity contribution in [3.63, 3.8) is 0 Å². The van der Waals surface area contributed by atoms with Crippen LogP contribution in [0.2, 0.25) is 0 Å². The van der Waals surface area contributed by atoms with Gasteiger partial charge >= 0.3 is 0 Å². The highest BCUT2D eigenvalue weighted by Crippen LogP contribution is 2.21. The molecule has 1 unspecified atom stereocenters. The number of benzene rings is 1. The van der Waals surface area contributed by atoms with Crippen molar-refractivity contribution in [2.24, 2.45) is 0 Å². The number of nitrogens with one attached hydrogen (secondary N) is 1. The molecule has 1 aromatic rings. The van der Waals surface area contributed by atoms with Crippen molar-refractivity contribution in [2.45, 2.75) is 19.9 Å². The Balaban J connectivity index is 2.82. The molecule has 0 aliphatic heterocycles. The maximum Gasteiger partial charge on any atom is 0.121 e. The van der Waals surface area contributed by atoms with Crippen LogP contribution in [0, 0.1) is 19.3 Å². The molecule has 0 bridgehead atoms. The van der Waals surface area contributed by atoms with E-state index in [0.717, 1.165) is 17.0 Å². The number of rotatable bonds is 3. The van der Waals surface area contributed by atoms with Crippen molar-refractivity contribution < 1.29 is 4.74 Å². The lowest BCUT2D eigenvalue weighted by atomic mass is 10.2. The second-order valence-electron chi connectivity index (χ2n) is 3.22. The molecule has 2 nitrogen and oxygen atoms in total. The highest BCUT2D eigenvalue weighted by Gasteiger charge is 2.01. The van der Waals surface area contributed by atoms with Gasteiger partial charge in [-0.2, -0.15) is 0 Å². The standard InChI is InChI=1S/C12H15NO/c1-5-10(3)13-11-6-7-12(14-4)9(2)8-11/h1,6-8,10,13H,2-4H3. The number of methoxy groups -OCH3 is 1. The molecule has 0 heterocycles. The van der Waals surface area contributed by atoms with Gasteiger partial charge in [-0.25, -0.2) is 0 Å². The van der Waals surface area contributed by atoms with Gasteiger partial charge in [0.2, 0.25) is 0 Å². The minimum Gasteiger partial charge on any atom is -0.496 e. The van der Waals surface area contributed by atoms with Gasteiger partial charge in [-0.1, -0.05) is 5.92 Å². The molecule has 2 heteroatoms.